The third-order valence-electron chi connectivity index (χ3n) is 1.81. The Morgan fingerprint density at radius 2 is 2.07 bits per heavy atom. The molecule has 5 N–H and O–H groups in total. The van der Waals surface area contributed by atoms with Gasteiger partial charge in [-0.25, -0.2) is 0 Å². The summed E-state index contributed by atoms with van der Waals surface area (Å²) in [6.45, 7) is 6.51. The van der Waals surface area contributed by atoms with E-state index in [1.807, 2.05) is 0 Å². The van der Waals surface area contributed by atoms with Crippen LogP contribution in [0.5, 0.6) is 0 Å². The summed E-state index contributed by atoms with van der Waals surface area (Å²) >= 11 is 0. The molecular weight excluding hydrogens is 182 g/mol. The van der Waals surface area contributed by atoms with Crippen LogP contribution >= 0.6 is 0 Å². The third-order valence-corrected chi connectivity index (χ3v) is 1.81. The van der Waals surface area contributed by atoms with E-state index < -0.39 is 23.4 Å². The Kier molecular flexibility index (Phi) is 4.30. The molecule has 5 heteroatoms. The molecule has 0 radical (unpaired) electrons. The van der Waals surface area contributed by atoms with E-state index in [1.54, 1.807) is 6.08 Å². The van der Waals surface area contributed by atoms with Crippen molar-refractivity contribution in [3.8, 4) is 0 Å². The quantitative estimate of drug-likeness (QED) is 0.509. The zero-order chi connectivity index (χ0) is 11.4. The molecule has 0 heterocycles. The van der Waals surface area contributed by atoms with Gasteiger partial charge in [-0.1, -0.05) is 6.08 Å². The first-order chi connectivity index (χ1) is 6.31. The normalized spacial score (nSPS) is 13.1. The zero-order valence-corrected chi connectivity index (χ0v) is 8.54. The predicted molar refractivity (Wildman–Crippen MR) is 54.2 cm³/mol. The predicted octanol–water partition coefficient (Wildman–Crippen LogP) is -0.730. The van der Waals surface area contributed by atoms with Crippen LogP contribution in [0.15, 0.2) is 12.7 Å². The molecule has 1 unspecified atom stereocenters. The highest BCUT2D eigenvalue weighted by molar-refractivity contribution is 5.91. The van der Waals surface area contributed by atoms with Crippen LogP contribution in [-0.4, -0.2) is 23.4 Å². The number of hydrogen-bond acceptors (Lipinski definition) is 3. The summed E-state index contributed by atoms with van der Waals surface area (Å²) in [5.74, 6) is -1.01. The smallest absolute Gasteiger partial charge is 0.242 e. The van der Waals surface area contributed by atoms with Crippen molar-refractivity contribution in [3.05, 3.63) is 12.7 Å². The van der Waals surface area contributed by atoms with Crippen molar-refractivity contribution in [1.82, 2.24) is 5.32 Å². The largest absolute Gasteiger partial charge is 0.368 e. The molecule has 0 rings (SSSR count). The zero-order valence-electron chi connectivity index (χ0n) is 8.54. The molecule has 0 saturated carbocycles. The molecule has 0 bridgehead atoms. The number of hydrogen-bond donors (Lipinski definition) is 3. The average molecular weight is 199 g/mol. The number of rotatable bonds is 5. The van der Waals surface area contributed by atoms with Crippen LogP contribution in [0, 0.1) is 0 Å². The maximum atomic E-state index is 11.4. The number of primary amides is 1. The lowest BCUT2D eigenvalue weighted by molar-refractivity contribution is -0.131. The summed E-state index contributed by atoms with van der Waals surface area (Å²) in [4.78, 5) is 22.2. The standard InChI is InChI=1S/C9H17N3O2/c1-4-5-6(10)7(13)12-9(2,3)8(11)14/h4,6H,1,5,10H2,2-3H3,(H2,11,14)(H,12,13). The summed E-state index contributed by atoms with van der Waals surface area (Å²) in [5, 5.41) is 2.45. The molecule has 5 nitrogen and oxygen atoms in total. The van der Waals surface area contributed by atoms with Crippen molar-refractivity contribution in [2.75, 3.05) is 0 Å². The summed E-state index contributed by atoms with van der Waals surface area (Å²) < 4.78 is 0. The second-order valence-electron chi connectivity index (χ2n) is 3.61. The third kappa shape index (κ3) is 3.57. The van der Waals surface area contributed by atoms with E-state index in [2.05, 4.69) is 11.9 Å². The first-order valence-corrected chi connectivity index (χ1v) is 4.29. The first kappa shape index (κ1) is 12.6. The van der Waals surface area contributed by atoms with Crippen LogP contribution in [0.4, 0.5) is 0 Å². The SMILES string of the molecule is C=CCC(N)C(=O)NC(C)(C)C(N)=O. The lowest BCUT2D eigenvalue weighted by Crippen LogP contribution is -2.56. The Morgan fingerprint density at radius 1 is 1.57 bits per heavy atom. The molecule has 1 atom stereocenters. The Bertz CT molecular complexity index is 248. The molecule has 0 aromatic heterocycles. The highest BCUT2D eigenvalue weighted by Crippen LogP contribution is 2.01. The van der Waals surface area contributed by atoms with Gasteiger partial charge in [-0.05, 0) is 20.3 Å². The molecule has 0 spiro atoms. The van der Waals surface area contributed by atoms with Gasteiger partial charge in [0.25, 0.3) is 0 Å². The van der Waals surface area contributed by atoms with Crippen LogP contribution in [-0.2, 0) is 9.59 Å². The van der Waals surface area contributed by atoms with Gasteiger partial charge < -0.3 is 16.8 Å². The molecule has 14 heavy (non-hydrogen) atoms. The molecule has 0 fully saturated rings. The van der Waals surface area contributed by atoms with Crippen molar-refractivity contribution in [2.45, 2.75) is 31.8 Å². The fourth-order valence-corrected chi connectivity index (χ4v) is 0.749. The second kappa shape index (κ2) is 4.76. The maximum absolute atomic E-state index is 11.4. The van der Waals surface area contributed by atoms with E-state index in [1.165, 1.54) is 13.8 Å². The van der Waals surface area contributed by atoms with Crippen LogP contribution in [0.3, 0.4) is 0 Å². The van der Waals surface area contributed by atoms with Gasteiger partial charge in [0.15, 0.2) is 0 Å². The Balaban J connectivity index is 4.31. The average Bonchev–Trinajstić information content (AvgIpc) is 2.03. The van der Waals surface area contributed by atoms with Crippen molar-refractivity contribution in [2.24, 2.45) is 11.5 Å². The minimum absolute atomic E-state index is 0.362. The van der Waals surface area contributed by atoms with Gasteiger partial charge in [-0.2, -0.15) is 0 Å². The molecule has 0 saturated heterocycles. The van der Waals surface area contributed by atoms with Crippen LogP contribution in [0.25, 0.3) is 0 Å². The molecule has 0 aromatic rings. The number of carbonyl (C=O) groups is 2. The highest BCUT2D eigenvalue weighted by Gasteiger charge is 2.28. The Hall–Kier alpha value is -1.36. The van der Waals surface area contributed by atoms with Gasteiger partial charge in [0.2, 0.25) is 11.8 Å². The van der Waals surface area contributed by atoms with E-state index >= 15 is 0 Å². The van der Waals surface area contributed by atoms with E-state index in [0.29, 0.717) is 6.42 Å². The minimum Gasteiger partial charge on any atom is -0.368 e. The van der Waals surface area contributed by atoms with Gasteiger partial charge in [0.1, 0.15) is 5.54 Å². The fraction of sp³-hybridized carbons (Fsp3) is 0.556. The lowest BCUT2D eigenvalue weighted by Gasteiger charge is -2.23. The summed E-state index contributed by atoms with van der Waals surface area (Å²) in [7, 11) is 0. The van der Waals surface area contributed by atoms with Gasteiger partial charge in [-0.15, -0.1) is 6.58 Å². The van der Waals surface area contributed by atoms with E-state index in [4.69, 9.17) is 11.5 Å². The van der Waals surface area contributed by atoms with Gasteiger partial charge in [0.05, 0.1) is 6.04 Å². The maximum Gasteiger partial charge on any atom is 0.242 e. The first-order valence-electron chi connectivity index (χ1n) is 4.29. The number of nitrogens with one attached hydrogen (secondary N) is 1. The molecule has 0 aliphatic carbocycles. The molecule has 0 aliphatic heterocycles. The molecule has 0 aromatic carbocycles. The highest BCUT2D eigenvalue weighted by atomic mass is 16.2. The number of nitrogens with two attached hydrogens (primary N) is 2. The van der Waals surface area contributed by atoms with Gasteiger partial charge >= 0.3 is 0 Å². The minimum atomic E-state index is -1.07. The monoisotopic (exact) mass is 199 g/mol. The van der Waals surface area contributed by atoms with Crippen molar-refractivity contribution in [1.29, 1.82) is 0 Å². The van der Waals surface area contributed by atoms with Crippen molar-refractivity contribution in [3.63, 3.8) is 0 Å². The Morgan fingerprint density at radius 3 is 2.43 bits per heavy atom. The Labute approximate surface area is 83.5 Å². The van der Waals surface area contributed by atoms with Crippen molar-refractivity contribution < 1.29 is 9.59 Å². The summed E-state index contributed by atoms with van der Waals surface area (Å²) in [6, 6.07) is -0.689. The van der Waals surface area contributed by atoms with Crippen LogP contribution in [0.2, 0.25) is 0 Å². The molecular formula is C9H17N3O2. The van der Waals surface area contributed by atoms with Crippen LogP contribution in [0.1, 0.15) is 20.3 Å². The van der Waals surface area contributed by atoms with Gasteiger partial charge in [0, 0.05) is 0 Å². The van der Waals surface area contributed by atoms with E-state index in [0.717, 1.165) is 0 Å². The van der Waals surface area contributed by atoms with E-state index in [9.17, 15) is 9.59 Å². The van der Waals surface area contributed by atoms with Crippen molar-refractivity contribution >= 4 is 11.8 Å². The number of amides is 2. The molecule has 0 aliphatic rings. The molecule has 2 amide bonds. The topological polar surface area (TPSA) is 98.2 Å². The second-order valence-corrected chi connectivity index (χ2v) is 3.61. The van der Waals surface area contributed by atoms with Crippen LogP contribution < -0.4 is 16.8 Å². The fourth-order valence-electron chi connectivity index (χ4n) is 0.749. The van der Waals surface area contributed by atoms with E-state index in [-0.39, 0.29) is 0 Å². The lowest BCUT2D eigenvalue weighted by atomic mass is 10.0. The summed E-state index contributed by atoms with van der Waals surface area (Å²) in [6.07, 6.45) is 1.90. The van der Waals surface area contributed by atoms with Gasteiger partial charge in [-0.3, -0.25) is 9.59 Å². The summed E-state index contributed by atoms with van der Waals surface area (Å²) in [5.41, 5.74) is 9.50. The number of carbonyl (C=O) groups excluding carboxylic acids is 2. The molecule has 80 valence electrons.